The summed E-state index contributed by atoms with van der Waals surface area (Å²) in [6.07, 6.45) is 6.66. The monoisotopic (exact) mass is 464 g/mol. The molecule has 0 unspecified atom stereocenters. The first-order valence-corrected chi connectivity index (χ1v) is 12.6. The van der Waals surface area contributed by atoms with E-state index in [1.54, 1.807) is 11.3 Å². The molecular weight excluding hydrogens is 436 g/mol. The van der Waals surface area contributed by atoms with Gasteiger partial charge in [0.1, 0.15) is 12.2 Å². The molecule has 0 spiro atoms. The van der Waals surface area contributed by atoms with Crippen LogP contribution in [0.5, 0.6) is 5.75 Å². The molecule has 2 aliphatic carbocycles. The third kappa shape index (κ3) is 5.19. The van der Waals surface area contributed by atoms with Crippen molar-refractivity contribution in [1.82, 2.24) is 15.5 Å². The number of benzene rings is 1. The summed E-state index contributed by atoms with van der Waals surface area (Å²) in [5.41, 5.74) is 2.01. The average Bonchev–Trinajstić information content (AvgIpc) is 3.34. The van der Waals surface area contributed by atoms with Crippen molar-refractivity contribution in [2.75, 3.05) is 6.61 Å². The van der Waals surface area contributed by atoms with Crippen molar-refractivity contribution in [2.24, 2.45) is 5.92 Å². The summed E-state index contributed by atoms with van der Waals surface area (Å²) in [6.45, 7) is 2.67. The van der Waals surface area contributed by atoms with Gasteiger partial charge in [-0.2, -0.15) is 5.26 Å². The molecule has 2 aromatic heterocycles. The molecular formula is C25H28N4O3S. The minimum atomic E-state index is -0.305. The summed E-state index contributed by atoms with van der Waals surface area (Å²) < 4.78 is 12.6. The highest BCUT2D eigenvalue weighted by Crippen LogP contribution is 2.43. The van der Waals surface area contributed by atoms with Gasteiger partial charge in [0.05, 0.1) is 39.6 Å². The second-order valence-corrected chi connectivity index (χ2v) is 10.3. The number of carbonyl (C=O) groups excluding carboxylic acids is 1. The van der Waals surface area contributed by atoms with E-state index in [1.807, 2.05) is 25.1 Å². The molecule has 2 heterocycles. The number of carbonyl (C=O) groups is 1. The number of hydrogen-bond donors (Lipinski definition) is 1. The maximum atomic E-state index is 11.6. The summed E-state index contributed by atoms with van der Waals surface area (Å²) in [7, 11) is 0. The maximum absolute atomic E-state index is 11.6. The zero-order chi connectivity index (χ0) is 22.8. The van der Waals surface area contributed by atoms with Gasteiger partial charge in [-0.05, 0) is 69.6 Å². The molecule has 2 aliphatic rings. The van der Waals surface area contributed by atoms with Gasteiger partial charge in [-0.3, -0.25) is 4.79 Å². The Hall–Kier alpha value is -2.92. The van der Waals surface area contributed by atoms with Crippen molar-refractivity contribution in [1.29, 1.82) is 5.26 Å². The van der Waals surface area contributed by atoms with Crippen LogP contribution in [0.25, 0.3) is 10.2 Å². The lowest BCUT2D eigenvalue weighted by Gasteiger charge is -2.25. The fraction of sp³-hybridized carbons (Fsp3) is 0.520. The summed E-state index contributed by atoms with van der Waals surface area (Å²) in [5.74, 6) is 2.86. The molecule has 172 valence electrons. The summed E-state index contributed by atoms with van der Waals surface area (Å²) >= 11 is 1.79. The Kier molecular flexibility index (Phi) is 6.32. The molecule has 5 rings (SSSR count). The molecule has 2 fully saturated rings. The Balaban J connectivity index is 1.18. The topological polar surface area (TPSA) is 101 Å². The molecule has 0 bridgehead atoms. The van der Waals surface area contributed by atoms with Crippen LogP contribution >= 0.6 is 11.3 Å². The number of fused-ring (bicyclic) bond motifs is 1. The number of nitrogens with zero attached hydrogens (tertiary/aromatic N) is 3. The van der Waals surface area contributed by atoms with E-state index < -0.39 is 0 Å². The van der Waals surface area contributed by atoms with Crippen molar-refractivity contribution in [3.63, 3.8) is 0 Å². The molecule has 1 aromatic carbocycles. The maximum Gasteiger partial charge on any atom is 0.234 e. The van der Waals surface area contributed by atoms with E-state index in [-0.39, 0.29) is 18.4 Å². The number of nitrogens with one attached hydrogen (secondary N) is 1. The van der Waals surface area contributed by atoms with Gasteiger partial charge >= 0.3 is 0 Å². The van der Waals surface area contributed by atoms with E-state index in [1.165, 1.54) is 22.5 Å². The van der Waals surface area contributed by atoms with Gasteiger partial charge in [0.25, 0.3) is 0 Å². The van der Waals surface area contributed by atoms with Gasteiger partial charge in [0.15, 0.2) is 5.76 Å². The summed E-state index contributed by atoms with van der Waals surface area (Å²) in [5, 5.41) is 16.9. The van der Waals surface area contributed by atoms with Gasteiger partial charge in [0.2, 0.25) is 5.91 Å². The van der Waals surface area contributed by atoms with Crippen molar-refractivity contribution in [3.05, 3.63) is 40.7 Å². The number of nitriles is 1. The van der Waals surface area contributed by atoms with Crippen molar-refractivity contribution in [3.8, 4) is 11.8 Å². The molecule has 1 atom stereocenters. The van der Waals surface area contributed by atoms with Gasteiger partial charge in [-0.15, -0.1) is 11.3 Å². The van der Waals surface area contributed by atoms with Gasteiger partial charge in [-0.1, -0.05) is 5.16 Å². The highest BCUT2D eigenvalue weighted by molar-refractivity contribution is 7.18. The van der Waals surface area contributed by atoms with Crippen LogP contribution in [0.15, 0.2) is 28.8 Å². The van der Waals surface area contributed by atoms with Crippen LogP contribution in [0.3, 0.4) is 0 Å². The lowest BCUT2D eigenvalue weighted by molar-refractivity contribution is -0.120. The first kappa shape index (κ1) is 21.9. The molecule has 8 heteroatoms. The Morgan fingerprint density at radius 2 is 2.03 bits per heavy atom. The van der Waals surface area contributed by atoms with Crippen molar-refractivity contribution in [2.45, 2.75) is 69.7 Å². The first-order valence-electron chi connectivity index (χ1n) is 11.7. The van der Waals surface area contributed by atoms with Crippen LogP contribution in [-0.2, 0) is 4.79 Å². The minimum absolute atomic E-state index is 0.157. The first-order chi connectivity index (χ1) is 16.1. The van der Waals surface area contributed by atoms with Crippen molar-refractivity contribution >= 4 is 27.5 Å². The third-order valence-electron chi connectivity index (χ3n) is 6.64. The number of rotatable bonds is 8. The Bertz CT molecular complexity index is 1170. The predicted octanol–water partition coefficient (Wildman–Crippen LogP) is 5.61. The van der Waals surface area contributed by atoms with E-state index in [0.717, 1.165) is 55.2 Å². The number of thiazole rings is 1. The molecule has 2 saturated carbocycles. The fourth-order valence-electron chi connectivity index (χ4n) is 4.46. The smallest absolute Gasteiger partial charge is 0.234 e. The number of aromatic nitrogens is 2. The highest BCUT2D eigenvalue weighted by atomic mass is 32.1. The van der Waals surface area contributed by atoms with E-state index >= 15 is 0 Å². The molecule has 0 aliphatic heterocycles. The molecule has 1 amide bonds. The highest BCUT2D eigenvalue weighted by Gasteiger charge is 2.28. The molecule has 0 radical (unpaired) electrons. The second-order valence-electron chi connectivity index (χ2n) is 9.26. The van der Waals surface area contributed by atoms with Crippen LogP contribution < -0.4 is 10.1 Å². The number of hydrogen-bond acceptors (Lipinski definition) is 7. The lowest BCUT2D eigenvalue weighted by atomic mass is 9.80. The van der Waals surface area contributed by atoms with Gasteiger partial charge in [-0.25, -0.2) is 4.98 Å². The molecule has 33 heavy (non-hydrogen) atoms. The largest absolute Gasteiger partial charge is 0.493 e. The Morgan fingerprint density at radius 3 is 2.79 bits per heavy atom. The predicted molar refractivity (Wildman–Crippen MR) is 125 cm³/mol. The minimum Gasteiger partial charge on any atom is -0.493 e. The molecule has 1 N–H and O–H groups in total. The van der Waals surface area contributed by atoms with Crippen LogP contribution in [0.1, 0.15) is 86.2 Å². The van der Waals surface area contributed by atoms with Gasteiger partial charge < -0.3 is 14.6 Å². The van der Waals surface area contributed by atoms with Crippen LogP contribution in [0.4, 0.5) is 0 Å². The Morgan fingerprint density at radius 1 is 1.24 bits per heavy atom. The number of ether oxygens (including phenoxy) is 1. The molecule has 7 nitrogen and oxygen atoms in total. The van der Waals surface area contributed by atoms with Crippen LogP contribution in [-0.4, -0.2) is 22.7 Å². The normalized spacial score (nSPS) is 21.5. The SMILES string of the molecule is C[C@H](NC(=O)CC#N)c1cc(C2CCC(c3nc4ccc(OCC5CC5)cc4s3)CC2)no1. The van der Waals surface area contributed by atoms with Gasteiger partial charge in [0, 0.05) is 17.9 Å². The van der Waals surface area contributed by atoms with E-state index in [2.05, 4.69) is 22.6 Å². The van der Waals surface area contributed by atoms with Crippen molar-refractivity contribution < 1.29 is 14.1 Å². The Labute approximate surface area is 197 Å². The second kappa shape index (κ2) is 9.52. The average molecular weight is 465 g/mol. The quantitative estimate of drug-likeness (QED) is 0.465. The molecule has 0 saturated heterocycles. The zero-order valence-corrected chi connectivity index (χ0v) is 19.6. The van der Waals surface area contributed by atoms with E-state index in [4.69, 9.17) is 19.5 Å². The third-order valence-corrected chi connectivity index (χ3v) is 7.82. The standard InChI is InChI=1S/C25H28N4O3S/c1-15(27-24(30)10-11-26)22-13-21(29-32-22)17-4-6-18(7-5-17)25-28-20-9-8-19(12-23(20)33-25)31-14-16-2-3-16/h8-9,12-13,15-18H,2-7,10,14H2,1H3,(H,27,30)/t15-,17?,18?/m0/s1. The molecule has 3 aromatic rings. The lowest BCUT2D eigenvalue weighted by Crippen LogP contribution is -2.25. The summed E-state index contributed by atoms with van der Waals surface area (Å²) in [6, 6.07) is 9.75. The van der Waals surface area contributed by atoms with E-state index in [9.17, 15) is 4.79 Å². The van der Waals surface area contributed by atoms with Crippen LogP contribution in [0, 0.1) is 17.2 Å². The van der Waals surface area contributed by atoms with E-state index in [0.29, 0.717) is 17.6 Å². The zero-order valence-electron chi connectivity index (χ0n) is 18.8. The van der Waals surface area contributed by atoms with Crippen LogP contribution in [0.2, 0.25) is 0 Å². The number of amides is 1. The fourth-order valence-corrected chi connectivity index (χ4v) is 5.62. The summed E-state index contributed by atoms with van der Waals surface area (Å²) in [4.78, 5) is 16.6.